The zero-order chi connectivity index (χ0) is 19.9. The van der Waals surface area contributed by atoms with Gasteiger partial charge in [0.1, 0.15) is 11.5 Å². The molecule has 3 rings (SSSR count). The van der Waals surface area contributed by atoms with Gasteiger partial charge in [-0.15, -0.1) is 0 Å². The zero-order valence-electron chi connectivity index (χ0n) is 17.0. The molecule has 1 saturated heterocycles. The van der Waals surface area contributed by atoms with Crippen molar-refractivity contribution in [3.63, 3.8) is 0 Å². The summed E-state index contributed by atoms with van der Waals surface area (Å²) in [6.07, 6.45) is 2.58. The standard InChI is InChI=1S/C23H30N2O3/c1-17-7-6-10-25(15-17)16-19-9-5-4-8-18(19)14-24-23(26)20-11-21(27-2)13-22(12-20)28-3/h4-5,8-9,11-13,17H,6-7,10,14-16H2,1-3H3,(H,24,26). The van der Waals surface area contributed by atoms with E-state index in [4.69, 9.17) is 9.47 Å². The largest absolute Gasteiger partial charge is 0.497 e. The molecule has 1 fully saturated rings. The summed E-state index contributed by atoms with van der Waals surface area (Å²) in [5.41, 5.74) is 2.96. The van der Waals surface area contributed by atoms with Crippen molar-refractivity contribution in [1.82, 2.24) is 10.2 Å². The van der Waals surface area contributed by atoms with Gasteiger partial charge in [-0.05, 0) is 48.6 Å². The van der Waals surface area contributed by atoms with E-state index >= 15 is 0 Å². The topological polar surface area (TPSA) is 50.8 Å². The Hall–Kier alpha value is -2.53. The molecule has 1 heterocycles. The van der Waals surface area contributed by atoms with Crippen LogP contribution in [-0.2, 0) is 13.1 Å². The Kier molecular flexibility index (Phi) is 6.93. The maximum absolute atomic E-state index is 12.7. The molecule has 2 aromatic rings. The molecule has 0 radical (unpaired) electrons. The number of carbonyl (C=O) groups is 1. The van der Waals surface area contributed by atoms with Crippen LogP contribution in [0.2, 0.25) is 0 Å². The summed E-state index contributed by atoms with van der Waals surface area (Å²) in [5.74, 6) is 1.82. The van der Waals surface area contributed by atoms with E-state index in [2.05, 4.69) is 35.3 Å². The number of ether oxygens (including phenoxy) is 2. The molecule has 1 aliphatic heterocycles. The molecule has 1 atom stereocenters. The molecule has 1 unspecified atom stereocenters. The molecule has 0 saturated carbocycles. The first-order valence-electron chi connectivity index (χ1n) is 9.89. The molecule has 5 nitrogen and oxygen atoms in total. The highest BCUT2D eigenvalue weighted by molar-refractivity contribution is 5.95. The fourth-order valence-corrected chi connectivity index (χ4v) is 3.77. The summed E-state index contributed by atoms with van der Waals surface area (Å²) >= 11 is 0. The number of methoxy groups -OCH3 is 2. The van der Waals surface area contributed by atoms with E-state index in [1.165, 1.54) is 18.4 Å². The van der Waals surface area contributed by atoms with Crippen LogP contribution in [0.5, 0.6) is 11.5 Å². The Balaban J connectivity index is 1.67. The predicted octanol–water partition coefficient (Wildman–Crippen LogP) is 3.87. The first kappa shape index (κ1) is 20.2. The van der Waals surface area contributed by atoms with Gasteiger partial charge in [-0.1, -0.05) is 31.2 Å². The molecular weight excluding hydrogens is 352 g/mol. The van der Waals surface area contributed by atoms with Gasteiger partial charge in [0.2, 0.25) is 0 Å². The smallest absolute Gasteiger partial charge is 0.251 e. The van der Waals surface area contributed by atoms with Gasteiger partial charge >= 0.3 is 0 Å². The van der Waals surface area contributed by atoms with Crippen LogP contribution in [0.15, 0.2) is 42.5 Å². The Morgan fingerprint density at radius 2 is 1.79 bits per heavy atom. The summed E-state index contributed by atoms with van der Waals surface area (Å²) in [6.45, 7) is 6.04. The van der Waals surface area contributed by atoms with Crippen LogP contribution < -0.4 is 14.8 Å². The quantitative estimate of drug-likeness (QED) is 0.790. The average Bonchev–Trinajstić information content (AvgIpc) is 2.72. The number of piperidine rings is 1. The van der Waals surface area contributed by atoms with Crippen molar-refractivity contribution in [2.75, 3.05) is 27.3 Å². The Morgan fingerprint density at radius 3 is 2.43 bits per heavy atom. The Bertz CT molecular complexity index is 784. The highest BCUT2D eigenvalue weighted by atomic mass is 16.5. The monoisotopic (exact) mass is 382 g/mol. The predicted molar refractivity (Wildman–Crippen MR) is 111 cm³/mol. The second-order valence-corrected chi connectivity index (χ2v) is 7.54. The van der Waals surface area contributed by atoms with E-state index in [9.17, 15) is 4.79 Å². The minimum atomic E-state index is -0.140. The summed E-state index contributed by atoms with van der Waals surface area (Å²) < 4.78 is 10.5. The highest BCUT2D eigenvalue weighted by Crippen LogP contribution is 2.23. The lowest BCUT2D eigenvalue weighted by molar-refractivity contribution is 0.0950. The fraction of sp³-hybridized carbons (Fsp3) is 0.435. The Labute approximate surface area is 167 Å². The number of carbonyl (C=O) groups excluding carboxylic acids is 1. The van der Waals surface area contributed by atoms with Gasteiger partial charge in [-0.3, -0.25) is 9.69 Å². The molecule has 0 aromatic heterocycles. The minimum absolute atomic E-state index is 0.140. The van der Waals surface area contributed by atoms with Gasteiger partial charge in [0.25, 0.3) is 5.91 Å². The molecule has 1 amide bonds. The van der Waals surface area contributed by atoms with Crippen molar-refractivity contribution in [2.24, 2.45) is 5.92 Å². The van der Waals surface area contributed by atoms with Crippen molar-refractivity contribution in [3.05, 3.63) is 59.2 Å². The van der Waals surface area contributed by atoms with Crippen molar-refractivity contribution < 1.29 is 14.3 Å². The van der Waals surface area contributed by atoms with E-state index in [-0.39, 0.29) is 5.91 Å². The number of rotatable bonds is 7. The first-order chi connectivity index (χ1) is 13.6. The molecule has 1 N–H and O–H groups in total. The number of amides is 1. The molecule has 150 valence electrons. The maximum Gasteiger partial charge on any atom is 0.251 e. The molecular formula is C23H30N2O3. The van der Waals surface area contributed by atoms with E-state index in [1.807, 2.05) is 6.07 Å². The molecule has 2 aromatic carbocycles. The van der Waals surface area contributed by atoms with E-state index in [1.54, 1.807) is 32.4 Å². The molecule has 28 heavy (non-hydrogen) atoms. The van der Waals surface area contributed by atoms with Crippen LogP contribution in [0.1, 0.15) is 41.3 Å². The zero-order valence-corrected chi connectivity index (χ0v) is 17.0. The van der Waals surface area contributed by atoms with Crippen LogP contribution >= 0.6 is 0 Å². The highest BCUT2D eigenvalue weighted by Gasteiger charge is 2.17. The summed E-state index contributed by atoms with van der Waals surface area (Å²) in [7, 11) is 3.16. The maximum atomic E-state index is 12.7. The second kappa shape index (κ2) is 9.60. The first-order valence-corrected chi connectivity index (χ1v) is 9.89. The molecule has 1 aliphatic rings. The molecule has 0 spiro atoms. The Morgan fingerprint density at radius 1 is 1.11 bits per heavy atom. The van der Waals surface area contributed by atoms with E-state index in [0.29, 0.717) is 23.6 Å². The molecule has 5 heteroatoms. The summed E-state index contributed by atoms with van der Waals surface area (Å²) in [6, 6.07) is 13.5. The summed E-state index contributed by atoms with van der Waals surface area (Å²) in [5, 5.41) is 3.04. The normalized spacial score (nSPS) is 17.2. The van der Waals surface area contributed by atoms with Crippen LogP contribution in [-0.4, -0.2) is 38.1 Å². The number of likely N-dealkylation sites (tertiary alicyclic amines) is 1. The number of nitrogens with one attached hydrogen (secondary N) is 1. The minimum Gasteiger partial charge on any atom is -0.497 e. The average molecular weight is 383 g/mol. The lowest BCUT2D eigenvalue weighted by atomic mass is 9.99. The lowest BCUT2D eigenvalue weighted by Gasteiger charge is -2.31. The number of nitrogens with zero attached hydrogens (tertiary/aromatic N) is 1. The van der Waals surface area contributed by atoms with Gasteiger partial charge < -0.3 is 14.8 Å². The number of hydrogen-bond acceptors (Lipinski definition) is 4. The fourth-order valence-electron chi connectivity index (χ4n) is 3.77. The van der Waals surface area contributed by atoms with Crippen LogP contribution in [0.25, 0.3) is 0 Å². The molecule has 0 bridgehead atoms. The van der Waals surface area contributed by atoms with Gasteiger partial charge in [0.15, 0.2) is 0 Å². The van der Waals surface area contributed by atoms with Gasteiger partial charge in [-0.2, -0.15) is 0 Å². The van der Waals surface area contributed by atoms with Crippen LogP contribution in [0.3, 0.4) is 0 Å². The summed E-state index contributed by atoms with van der Waals surface area (Å²) in [4.78, 5) is 15.2. The van der Waals surface area contributed by atoms with Gasteiger partial charge in [-0.25, -0.2) is 0 Å². The van der Waals surface area contributed by atoms with Crippen LogP contribution in [0.4, 0.5) is 0 Å². The van der Waals surface area contributed by atoms with Gasteiger partial charge in [0, 0.05) is 31.3 Å². The van der Waals surface area contributed by atoms with Gasteiger partial charge in [0.05, 0.1) is 14.2 Å². The number of benzene rings is 2. The van der Waals surface area contributed by atoms with E-state index in [0.717, 1.165) is 31.1 Å². The van der Waals surface area contributed by atoms with Crippen molar-refractivity contribution in [1.29, 1.82) is 0 Å². The van der Waals surface area contributed by atoms with E-state index < -0.39 is 0 Å². The SMILES string of the molecule is COc1cc(OC)cc(C(=O)NCc2ccccc2CN2CCCC(C)C2)c1. The lowest BCUT2D eigenvalue weighted by Crippen LogP contribution is -2.34. The third-order valence-electron chi connectivity index (χ3n) is 5.31. The van der Waals surface area contributed by atoms with Crippen molar-refractivity contribution in [2.45, 2.75) is 32.9 Å². The molecule has 0 aliphatic carbocycles. The second-order valence-electron chi connectivity index (χ2n) is 7.54. The third-order valence-corrected chi connectivity index (χ3v) is 5.31. The van der Waals surface area contributed by atoms with Crippen molar-refractivity contribution >= 4 is 5.91 Å². The van der Waals surface area contributed by atoms with Crippen LogP contribution in [0, 0.1) is 5.92 Å². The third kappa shape index (κ3) is 5.26. The number of hydrogen-bond donors (Lipinski definition) is 1. The van der Waals surface area contributed by atoms with Crippen molar-refractivity contribution in [3.8, 4) is 11.5 Å².